The molecule has 0 aromatic heterocycles. The van der Waals surface area contributed by atoms with Crippen molar-refractivity contribution in [3.63, 3.8) is 0 Å². The number of nitrogens with zero attached hydrogens (tertiary/aromatic N) is 1. The van der Waals surface area contributed by atoms with Crippen molar-refractivity contribution >= 4 is 35.2 Å². The quantitative estimate of drug-likeness (QED) is 0.0269. The van der Waals surface area contributed by atoms with Crippen molar-refractivity contribution in [2.75, 3.05) is 78.9 Å². The molecule has 0 spiro atoms. The maximum atomic E-state index is 13.8. The van der Waals surface area contributed by atoms with Crippen LogP contribution in [-0.4, -0.2) is 245 Å². The molecule has 26 heteroatoms. The fourth-order valence-corrected chi connectivity index (χ4v) is 8.52. The second-order valence-electron chi connectivity index (χ2n) is 19.8. The molecule has 13 N–H and O–H groups in total. The maximum absolute atomic E-state index is 13.8. The van der Waals surface area contributed by atoms with Gasteiger partial charge in [0, 0.05) is 63.1 Å². The van der Waals surface area contributed by atoms with E-state index in [2.05, 4.69) is 21.3 Å². The van der Waals surface area contributed by atoms with E-state index in [1.54, 1.807) is 20.8 Å². The fourth-order valence-electron chi connectivity index (χ4n) is 8.52. The van der Waals surface area contributed by atoms with Gasteiger partial charge in [-0.3, -0.25) is 33.7 Å². The van der Waals surface area contributed by atoms with Gasteiger partial charge in [0.15, 0.2) is 18.9 Å². The van der Waals surface area contributed by atoms with E-state index in [4.69, 9.17) is 28.4 Å². The minimum atomic E-state index is -1.28. The van der Waals surface area contributed by atoms with Crippen LogP contribution >= 0.6 is 0 Å². The molecule has 3 heterocycles. The van der Waals surface area contributed by atoms with Crippen molar-refractivity contribution in [2.24, 2.45) is 23.7 Å². The van der Waals surface area contributed by atoms with E-state index in [0.29, 0.717) is 19.3 Å². The fraction of sp³-hybridized carbons (Fsp3) is 0.875. The molecule has 0 aromatic rings. The first-order chi connectivity index (χ1) is 35.1. The van der Waals surface area contributed by atoms with E-state index in [1.807, 2.05) is 13.8 Å². The van der Waals surface area contributed by atoms with Gasteiger partial charge in [0.25, 0.3) is 0 Å². The Bertz CT molecular complexity index is 1640. The van der Waals surface area contributed by atoms with Crippen molar-refractivity contribution in [1.82, 2.24) is 26.2 Å². The summed E-state index contributed by atoms with van der Waals surface area (Å²) < 4.78 is 33.7. The molecule has 26 nitrogen and oxygen atoms in total. The normalized spacial score (nSPS) is 30.7. The summed E-state index contributed by atoms with van der Waals surface area (Å²) in [5, 5.41) is 99.9. The van der Waals surface area contributed by atoms with E-state index in [0.717, 1.165) is 0 Å². The van der Waals surface area contributed by atoms with Crippen molar-refractivity contribution in [3.8, 4) is 0 Å². The van der Waals surface area contributed by atoms with E-state index in [-0.39, 0.29) is 77.5 Å². The van der Waals surface area contributed by atoms with Gasteiger partial charge in [0.2, 0.25) is 23.6 Å². The first-order valence-electron chi connectivity index (χ1n) is 25.7. The number of Topliss-reactive ketones (excluding diaryl/α,β-unsaturated/α-hetero) is 2. The minimum Gasteiger partial charge on any atom is -0.394 e. The number of aliphatic hydroxyl groups is 9. The van der Waals surface area contributed by atoms with Crippen LogP contribution in [0.3, 0.4) is 0 Å². The monoisotopic (exact) mass is 1070 g/mol. The van der Waals surface area contributed by atoms with Gasteiger partial charge in [-0.2, -0.15) is 0 Å². The maximum Gasteiger partial charge on any atom is 0.239 e. The van der Waals surface area contributed by atoms with E-state index < -0.39 is 172 Å². The van der Waals surface area contributed by atoms with Gasteiger partial charge >= 0.3 is 0 Å². The second kappa shape index (κ2) is 33.7. The number of hydrogen-bond donors (Lipinski definition) is 13. The first-order valence-corrected chi connectivity index (χ1v) is 25.7. The highest BCUT2D eigenvalue weighted by molar-refractivity contribution is 5.91. The standard InChI is InChI=1S/C48H85N5O21/c1-26(2)19-32(45(68)52-20-38(61)51-15-8-18-71-48-29(5)41(64)44(67)35(25-56)74-48)53(21-30(57)9-11-36(59)49-13-6-16-69-46-27(3)39(62)42(65)33(23-54)72-46)22-31(58)10-12-37(60)50-14-7-17-70-47-28(4)40(63)43(66)34(24-55)73-47/h26-29,32-35,39-44,46-48,54-56,62-67H,6-25H2,1-5H3,(H,49,59)(H,50,60)(H,51,61)(H,52,68)/t27-,28?,29?,32?,33?,34?,35?,39?,40+,41+,42-,43-,44-,46+,47+,48+/m0/s1. The molecule has 0 aromatic carbocycles. The zero-order chi connectivity index (χ0) is 55.1. The van der Waals surface area contributed by atoms with Gasteiger partial charge in [-0.25, -0.2) is 0 Å². The van der Waals surface area contributed by atoms with Crippen LogP contribution in [0.15, 0.2) is 0 Å². The second-order valence-corrected chi connectivity index (χ2v) is 19.8. The summed E-state index contributed by atoms with van der Waals surface area (Å²) in [5.41, 5.74) is 0. The van der Waals surface area contributed by atoms with Crippen molar-refractivity contribution < 1.29 is 103 Å². The highest BCUT2D eigenvalue weighted by Gasteiger charge is 2.44. The lowest BCUT2D eigenvalue weighted by Crippen LogP contribution is -2.55. The Morgan fingerprint density at radius 3 is 1.16 bits per heavy atom. The van der Waals surface area contributed by atoms with Crippen LogP contribution in [0.25, 0.3) is 0 Å². The Morgan fingerprint density at radius 2 is 0.838 bits per heavy atom. The third-order valence-corrected chi connectivity index (χ3v) is 13.2. The largest absolute Gasteiger partial charge is 0.394 e. The molecule has 0 radical (unpaired) electrons. The van der Waals surface area contributed by atoms with Crippen LogP contribution in [0, 0.1) is 23.7 Å². The lowest BCUT2D eigenvalue weighted by molar-refractivity contribution is -0.282. The molecule has 3 saturated heterocycles. The zero-order valence-corrected chi connectivity index (χ0v) is 43.3. The van der Waals surface area contributed by atoms with Gasteiger partial charge < -0.3 is 95.6 Å². The Balaban J connectivity index is 1.53. The average molecular weight is 1070 g/mol. The summed E-state index contributed by atoms with van der Waals surface area (Å²) in [6.07, 6.45) is -12.9. The van der Waals surface area contributed by atoms with Gasteiger partial charge in [-0.15, -0.1) is 0 Å². The number of aliphatic hydroxyl groups excluding tert-OH is 9. The van der Waals surface area contributed by atoms with Crippen LogP contribution < -0.4 is 21.3 Å². The number of rotatable bonds is 34. The molecule has 0 bridgehead atoms. The highest BCUT2D eigenvalue weighted by Crippen LogP contribution is 2.29. The lowest BCUT2D eigenvalue weighted by atomic mass is 9.92. The molecule has 0 aliphatic carbocycles. The van der Waals surface area contributed by atoms with Crippen LogP contribution in [0.5, 0.6) is 0 Å². The molecular weight excluding hydrogens is 983 g/mol. The number of ketones is 2. The van der Waals surface area contributed by atoms with Crippen LogP contribution in [-0.2, 0) is 57.2 Å². The molecular formula is C48H85N5O21. The molecule has 74 heavy (non-hydrogen) atoms. The van der Waals surface area contributed by atoms with Crippen molar-refractivity contribution in [2.45, 2.75) is 166 Å². The van der Waals surface area contributed by atoms with Crippen LogP contribution in [0.2, 0.25) is 0 Å². The Hall–Kier alpha value is -3.42. The number of ether oxygens (including phenoxy) is 6. The van der Waals surface area contributed by atoms with Crippen molar-refractivity contribution in [3.05, 3.63) is 0 Å². The predicted molar refractivity (Wildman–Crippen MR) is 258 cm³/mol. The minimum absolute atomic E-state index is 0.0909. The predicted octanol–water partition coefficient (Wildman–Crippen LogP) is -4.69. The van der Waals surface area contributed by atoms with E-state index >= 15 is 0 Å². The van der Waals surface area contributed by atoms with Crippen LogP contribution in [0.1, 0.15) is 86.0 Å². The molecule has 0 saturated carbocycles. The van der Waals surface area contributed by atoms with Crippen molar-refractivity contribution in [1.29, 1.82) is 0 Å². The summed E-state index contributed by atoms with van der Waals surface area (Å²) in [6, 6.07) is -1.08. The Labute approximate surface area is 432 Å². The number of amides is 4. The highest BCUT2D eigenvalue weighted by atomic mass is 16.7. The molecule has 3 fully saturated rings. The molecule has 3 rings (SSSR count). The summed E-state index contributed by atoms with van der Waals surface area (Å²) >= 11 is 0. The Kier molecular flexibility index (Phi) is 29.5. The van der Waals surface area contributed by atoms with Gasteiger partial charge in [-0.05, 0) is 31.6 Å². The molecule has 16 atom stereocenters. The smallest absolute Gasteiger partial charge is 0.239 e. The summed E-state index contributed by atoms with van der Waals surface area (Å²) in [6.45, 7) is 6.46. The molecule has 7 unspecified atom stereocenters. The van der Waals surface area contributed by atoms with Gasteiger partial charge in [0.05, 0.1) is 83.6 Å². The van der Waals surface area contributed by atoms with Gasteiger partial charge in [-0.1, -0.05) is 34.6 Å². The number of nitrogens with one attached hydrogen (secondary N) is 4. The topological polar surface area (TPSA) is 391 Å². The molecule has 3 aliphatic heterocycles. The number of carbonyl (C=O) groups excluding carboxylic acids is 6. The SMILES string of the molecule is CC(C)CC(C(=O)NCC(=O)NCCCO[C@@H]1OC(CO)[C@H](O)[C@H](O)C1C)N(CC(=O)CCC(=O)NCCCO[C@@H]1OC(CO)[C@H](O)[C@H](O)C1C)CC(=O)CCC(=O)NCCCO[C@@H]1OC(CO)[C@H](O)C(O)[C@@H]1C. The molecule has 3 aliphatic rings. The Morgan fingerprint density at radius 1 is 0.500 bits per heavy atom. The third-order valence-electron chi connectivity index (χ3n) is 13.2. The average Bonchev–Trinajstić information content (AvgIpc) is 3.37. The number of hydrogen-bond acceptors (Lipinski definition) is 22. The van der Waals surface area contributed by atoms with E-state index in [9.17, 15) is 74.7 Å². The van der Waals surface area contributed by atoms with Crippen LogP contribution in [0.4, 0.5) is 0 Å². The first kappa shape index (κ1) is 64.9. The molecule has 4 amide bonds. The summed E-state index contributed by atoms with van der Waals surface area (Å²) in [4.78, 5) is 80.5. The third kappa shape index (κ3) is 21.2. The molecule has 428 valence electrons. The summed E-state index contributed by atoms with van der Waals surface area (Å²) in [7, 11) is 0. The zero-order valence-electron chi connectivity index (χ0n) is 43.3. The number of carbonyl (C=O) groups is 6. The summed E-state index contributed by atoms with van der Waals surface area (Å²) in [5.74, 6) is -4.93. The van der Waals surface area contributed by atoms with E-state index in [1.165, 1.54) is 4.90 Å². The lowest BCUT2D eigenvalue weighted by Gasteiger charge is -2.40. The van der Waals surface area contributed by atoms with Gasteiger partial charge in [0.1, 0.15) is 48.2 Å².